The normalized spacial score (nSPS) is 10.7. The lowest BCUT2D eigenvalue weighted by atomic mass is 10.2. The monoisotopic (exact) mass is 349 g/mol. The molecule has 0 atom stereocenters. The average Bonchev–Trinajstić information content (AvgIpc) is 2.76. The first kappa shape index (κ1) is 15.8. The zero-order valence-electron chi connectivity index (χ0n) is 12.5. The molecule has 0 fully saturated rings. The number of rotatable bonds is 5. The van der Waals surface area contributed by atoms with E-state index in [1.165, 1.54) is 0 Å². The van der Waals surface area contributed by atoms with Crippen LogP contribution in [-0.2, 0) is 0 Å². The SMILES string of the molecule is CNCCNC(=O)c1cc(C)n(-c2ccc(Br)cc2)c1C. The van der Waals surface area contributed by atoms with E-state index in [4.69, 9.17) is 0 Å². The molecule has 2 N–H and O–H groups in total. The van der Waals surface area contributed by atoms with Crippen LogP contribution in [0.1, 0.15) is 21.7 Å². The molecular weight excluding hydrogens is 330 g/mol. The Kier molecular flexibility index (Phi) is 5.20. The lowest BCUT2D eigenvalue weighted by Crippen LogP contribution is -2.30. The van der Waals surface area contributed by atoms with E-state index in [0.717, 1.165) is 33.7 Å². The Labute approximate surface area is 133 Å². The third kappa shape index (κ3) is 3.54. The fourth-order valence-corrected chi connectivity index (χ4v) is 2.64. The van der Waals surface area contributed by atoms with Crippen molar-refractivity contribution in [2.75, 3.05) is 20.1 Å². The summed E-state index contributed by atoms with van der Waals surface area (Å²) in [5, 5.41) is 5.93. The highest BCUT2D eigenvalue weighted by molar-refractivity contribution is 9.10. The molecule has 1 heterocycles. The van der Waals surface area contributed by atoms with E-state index >= 15 is 0 Å². The molecule has 2 rings (SSSR count). The van der Waals surface area contributed by atoms with Gasteiger partial charge in [-0.15, -0.1) is 0 Å². The van der Waals surface area contributed by atoms with E-state index in [1.54, 1.807) is 0 Å². The van der Waals surface area contributed by atoms with Gasteiger partial charge in [-0.05, 0) is 51.2 Å². The molecule has 0 saturated heterocycles. The van der Waals surface area contributed by atoms with Crippen LogP contribution in [0, 0.1) is 13.8 Å². The Morgan fingerprint density at radius 3 is 2.48 bits per heavy atom. The highest BCUT2D eigenvalue weighted by Crippen LogP contribution is 2.22. The smallest absolute Gasteiger partial charge is 0.253 e. The fourth-order valence-electron chi connectivity index (χ4n) is 2.38. The summed E-state index contributed by atoms with van der Waals surface area (Å²) in [6.45, 7) is 5.37. The van der Waals surface area contributed by atoms with Crippen molar-refractivity contribution in [3.8, 4) is 5.69 Å². The van der Waals surface area contributed by atoms with Crippen LogP contribution >= 0.6 is 15.9 Å². The number of hydrogen-bond donors (Lipinski definition) is 2. The van der Waals surface area contributed by atoms with E-state index < -0.39 is 0 Å². The highest BCUT2D eigenvalue weighted by Gasteiger charge is 2.16. The number of hydrogen-bond acceptors (Lipinski definition) is 2. The van der Waals surface area contributed by atoms with Gasteiger partial charge < -0.3 is 15.2 Å². The Bertz CT molecular complexity index is 632. The Hall–Kier alpha value is -1.59. The van der Waals surface area contributed by atoms with Gasteiger partial charge in [-0.1, -0.05) is 15.9 Å². The predicted octanol–water partition coefficient (Wildman–Crippen LogP) is 2.81. The van der Waals surface area contributed by atoms with Crippen LogP contribution in [0.4, 0.5) is 0 Å². The van der Waals surface area contributed by atoms with Gasteiger partial charge in [-0.25, -0.2) is 0 Å². The van der Waals surface area contributed by atoms with Crippen molar-refractivity contribution < 1.29 is 4.79 Å². The standard InChI is InChI=1S/C16H20BrN3O/c1-11-10-15(16(21)19-9-8-18-3)12(2)20(11)14-6-4-13(17)5-7-14/h4-7,10,18H,8-9H2,1-3H3,(H,19,21). The topological polar surface area (TPSA) is 46.1 Å². The number of aromatic nitrogens is 1. The zero-order chi connectivity index (χ0) is 15.4. The molecule has 0 radical (unpaired) electrons. The van der Waals surface area contributed by atoms with Crippen LogP contribution in [-0.4, -0.2) is 30.6 Å². The van der Waals surface area contributed by atoms with Gasteiger partial charge in [0.05, 0.1) is 5.56 Å². The quantitative estimate of drug-likeness (QED) is 0.815. The second kappa shape index (κ2) is 6.91. The third-order valence-electron chi connectivity index (χ3n) is 3.42. The molecule has 1 aromatic carbocycles. The summed E-state index contributed by atoms with van der Waals surface area (Å²) >= 11 is 3.44. The van der Waals surface area contributed by atoms with Crippen molar-refractivity contribution in [2.45, 2.75) is 13.8 Å². The summed E-state index contributed by atoms with van der Waals surface area (Å²) in [5.74, 6) is -0.0262. The number of carbonyl (C=O) groups excluding carboxylic acids is 1. The van der Waals surface area contributed by atoms with Gasteiger partial charge >= 0.3 is 0 Å². The molecule has 1 aromatic heterocycles. The van der Waals surface area contributed by atoms with E-state index in [1.807, 2.05) is 51.2 Å². The maximum atomic E-state index is 12.2. The summed E-state index contributed by atoms with van der Waals surface area (Å²) in [5.41, 5.74) is 3.79. The van der Waals surface area contributed by atoms with Gasteiger partial charge in [0.15, 0.2) is 0 Å². The molecule has 112 valence electrons. The van der Waals surface area contributed by atoms with Crippen LogP contribution in [0.15, 0.2) is 34.8 Å². The molecule has 0 bridgehead atoms. The summed E-state index contributed by atoms with van der Waals surface area (Å²) in [7, 11) is 1.87. The summed E-state index contributed by atoms with van der Waals surface area (Å²) in [6, 6.07) is 10.0. The zero-order valence-corrected chi connectivity index (χ0v) is 14.1. The van der Waals surface area contributed by atoms with Crippen molar-refractivity contribution in [3.05, 3.63) is 51.8 Å². The van der Waals surface area contributed by atoms with Crippen molar-refractivity contribution in [2.24, 2.45) is 0 Å². The minimum atomic E-state index is -0.0262. The number of nitrogens with zero attached hydrogens (tertiary/aromatic N) is 1. The highest BCUT2D eigenvalue weighted by atomic mass is 79.9. The molecule has 0 aliphatic heterocycles. The molecule has 0 saturated carbocycles. The van der Waals surface area contributed by atoms with Gasteiger partial charge in [0.2, 0.25) is 0 Å². The van der Waals surface area contributed by atoms with E-state index in [9.17, 15) is 4.79 Å². The third-order valence-corrected chi connectivity index (χ3v) is 3.95. The number of halogens is 1. The Morgan fingerprint density at radius 2 is 1.86 bits per heavy atom. The summed E-state index contributed by atoms with van der Waals surface area (Å²) in [4.78, 5) is 12.2. The van der Waals surface area contributed by atoms with Gasteiger partial charge in [-0.3, -0.25) is 4.79 Å². The molecule has 1 amide bonds. The van der Waals surface area contributed by atoms with E-state index in [-0.39, 0.29) is 5.91 Å². The van der Waals surface area contributed by atoms with Gasteiger partial charge in [0.25, 0.3) is 5.91 Å². The molecule has 4 nitrogen and oxygen atoms in total. The van der Waals surface area contributed by atoms with E-state index in [0.29, 0.717) is 6.54 Å². The lowest BCUT2D eigenvalue weighted by molar-refractivity contribution is 0.0953. The average molecular weight is 350 g/mol. The maximum absolute atomic E-state index is 12.2. The van der Waals surface area contributed by atoms with Crippen LogP contribution < -0.4 is 10.6 Å². The molecule has 5 heteroatoms. The number of benzene rings is 1. The van der Waals surface area contributed by atoms with E-state index in [2.05, 4.69) is 31.1 Å². The number of carbonyl (C=O) groups is 1. The first-order valence-corrected chi connectivity index (χ1v) is 7.71. The largest absolute Gasteiger partial charge is 0.351 e. The van der Waals surface area contributed by atoms with Gasteiger partial charge in [0.1, 0.15) is 0 Å². The predicted molar refractivity (Wildman–Crippen MR) is 89.2 cm³/mol. The van der Waals surface area contributed by atoms with Crippen LogP contribution in [0.5, 0.6) is 0 Å². The van der Waals surface area contributed by atoms with Gasteiger partial charge in [0, 0.05) is 34.6 Å². The second-order valence-electron chi connectivity index (χ2n) is 4.96. The lowest BCUT2D eigenvalue weighted by Gasteiger charge is -2.10. The number of likely N-dealkylation sites (N-methyl/N-ethyl adjacent to an activating group) is 1. The van der Waals surface area contributed by atoms with Gasteiger partial charge in [-0.2, -0.15) is 0 Å². The second-order valence-corrected chi connectivity index (χ2v) is 5.87. The van der Waals surface area contributed by atoms with Crippen molar-refractivity contribution >= 4 is 21.8 Å². The number of amides is 1. The molecule has 0 aliphatic rings. The number of nitrogens with one attached hydrogen (secondary N) is 2. The number of aryl methyl sites for hydroxylation is 1. The molecular formula is C16H20BrN3O. The maximum Gasteiger partial charge on any atom is 0.253 e. The Morgan fingerprint density at radius 1 is 1.19 bits per heavy atom. The minimum Gasteiger partial charge on any atom is -0.351 e. The minimum absolute atomic E-state index is 0.0262. The Balaban J connectivity index is 2.29. The van der Waals surface area contributed by atoms with Crippen LogP contribution in [0.3, 0.4) is 0 Å². The molecule has 0 aliphatic carbocycles. The first-order chi connectivity index (χ1) is 10.0. The first-order valence-electron chi connectivity index (χ1n) is 6.92. The molecule has 2 aromatic rings. The summed E-state index contributed by atoms with van der Waals surface area (Å²) in [6.07, 6.45) is 0. The van der Waals surface area contributed by atoms with Crippen molar-refractivity contribution in [1.29, 1.82) is 0 Å². The van der Waals surface area contributed by atoms with Crippen LogP contribution in [0.25, 0.3) is 5.69 Å². The molecule has 0 spiro atoms. The summed E-state index contributed by atoms with van der Waals surface area (Å²) < 4.78 is 3.14. The van der Waals surface area contributed by atoms with Crippen molar-refractivity contribution in [3.63, 3.8) is 0 Å². The molecule has 0 unspecified atom stereocenters. The van der Waals surface area contributed by atoms with Crippen molar-refractivity contribution in [1.82, 2.24) is 15.2 Å². The van der Waals surface area contributed by atoms with Crippen LogP contribution in [0.2, 0.25) is 0 Å². The fraction of sp³-hybridized carbons (Fsp3) is 0.312. The molecule has 21 heavy (non-hydrogen) atoms.